The minimum atomic E-state index is -0.0138. The Balaban J connectivity index is 2.59. The molecule has 0 saturated carbocycles. The fraction of sp³-hybridized carbons (Fsp3) is 0.867. The van der Waals surface area contributed by atoms with Crippen molar-refractivity contribution in [1.29, 1.82) is 0 Å². The van der Waals surface area contributed by atoms with Gasteiger partial charge in [0, 0.05) is 10.8 Å². The normalized spacial score (nSPS) is 46.1. The van der Waals surface area contributed by atoms with Crippen LogP contribution in [0, 0.1) is 16.7 Å². The molecule has 92 valence electrons. The largest absolute Gasteiger partial charge is 0.371 e. The summed E-state index contributed by atoms with van der Waals surface area (Å²) in [6.07, 6.45) is 7.40. The molecule has 2 unspecified atom stereocenters. The first kappa shape index (κ1) is 12.2. The Morgan fingerprint density at radius 1 is 1.12 bits per heavy atom. The third-order valence-electron chi connectivity index (χ3n) is 5.60. The van der Waals surface area contributed by atoms with Crippen LogP contribution < -0.4 is 0 Å². The number of rotatable bonds is 1. The van der Waals surface area contributed by atoms with Gasteiger partial charge < -0.3 is 4.74 Å². The van der Waals surface area contributed by atoms with Crippen LogP contribution in [0.15, 0.2) is 12.2 Å². The molecular weight excluding hydrogens is 196 g/mol. The number of fused-ring (bicyclic) bond motifs is 1. The second-order valence-corrected chi connectivity index (χ2v) is 6.69. The minimum Gasteiger partial charge on any atom is -0.371 e. The molecule has 0 aromatic heterocycles. The van der Waals surface area contributed by atoms with Crippen molar-refractivity contribution in [3.63, 3.8) is 0 Å². The molecule has 0 N–H and O–H groups in total. The summed E-state index contributed by atoms with van der Waals surface area (Å²) in [4.78, 5) is 0. The highest BCUT2D eigenvalue weighted by Gasteiger charge is 2.66. The van der Waals surface area contributed by atoms with E-state index in [2.05, 4.69) is 53.7 Å². The Morgan fingerprint density at radius 2 is 1.69 bits per heavy atom. The standard InChI is InChI=1S/C15H26O/c1-11(2)15-10-8-7-9-14(15,6)12(3)16-13(15,4)5/h7-8,11-12H,9-10H2,1-6H3/t12?,14?,15-/m0/s1. The number of hydrogen-bond acceptors (Lipinski definition) is 1. The molecule has 0 aromatic rings. The SMILES string of the molecule is CC1OC(C)(C)[C@@]2(C(C)C)CC=CCC12C. The van der Waals surface area contributed by atoms with Gasteiger partial charge in [0.1, 0.15) is 0 Å². The fourth-order valence-corrected chi connectivity index (χ4v) is 4.74. The monoisotopic (exact) mass is 222 g/mol. The molecule has 1 aliphatic heterocycles. The molecule has 1 nitrogen and oxygen atoms in total. The smallest absolute Gasteiger partial charge is 0.0698 e. The van der Waals surface area contributed by atoms with Gasteiger partial charge in [-0.15, -0.1) is 0 Å². The van der Waals surface area contributed by atoms with Crippen LogP contribution in [0.3, 0.4) is 0 Å². The molecule has 1 fully saturated rings. The summed E-state index contributed by atoms with van der Waals surface area (Å²) < 4.78 is 6.32. The van der Waals surface area contributed by atoms with Crippen LogP contribution in [0.4, 0.5) is 0 Å². The molecule has 1 heteroatoms. The van der Waals surface area contributed by atoms with E-state index in [0.29, 0.717) is 17.4 Å². The van der Waals surface area contributed by atoms with E-state index in [1.54, 1.807) is 0 Å². The van der Waals surface area contributed by atoms with Crippen molar-refractivity contribution in [3.05, 3.63) is 12.2 Å². The maximum atomic E-state index is 6.32. The summed E-state index contributed by atoms with van der Waals surface area (Å²) in [5.41, 5.74) is 0.563. The summed E-state index contributed by atoms with van der Waals surface area (Å²) in [7, 11) is 0. The van der Waals surface area contributed by atoms with Crippen LogP contribution in [0.2, 0.25) is 0 Å². The van der Waals surface area contributed by atoms with Gasteiger partial charge in [0.05, 0.1) is 11.7 Å². The summed E-state index contributed by atoms with van der Waals surface area (Å²) >= 11 is 0. The van der Waals surface area contributed by atoms with E-state index in [-0.39, 0.29) is 11.0 Å². The highest BCUT2D eigenvalue weighted by Crippen LogP contribution is 2.66. The van der Waals surface area contributed by atoms with Crippen LogP contribution in [-0.4, -0.2) is 11.7 Å². The first-order valence-electron chi connectivity index (χ1n) is 6.61. The molecule has 0 radical (unpaired) electrons. The van der Waals surface area contributed by atoms with Crippen LogP contribution >= 0.6 is 0 Å². The van der Waals surface area contributed by atoms with E-state index in [0.717, 1.165) is 6.42 Å². The highest BCUT2D eigenvalue weighted by molar-refractivity contribution is 5.20. The second-order valence-electron chi connectivity index (χ2n) is 6.69. The van der Waals surface area contributed by atoms with Crippen molar-refractivity contribution in [2.75, 3.05) is 0 Å². The highest BCUT2D eigenvalue weighted by atomic mass is 16.5. The zero-order chi connectivity index (χ0) is 12.2. The predicted molar refractivity (Wildman–Crippen MR) is 68.4 cm³/mol. The number of allylic oxidation sites excluding steroid dienone is 2. The second kappa shape index (κ2) is 3.35. The Bertz CT molecular complexity index is 315. The van der Waals surface area contributed by atoms with Gasteiger partial charge in [-0.3, -0.25) is 0 Å². The van der Waals surface area contributed by atoms with Crippen LogP contribution in [0.5, 0.6) is 0 Å². The summed E-state index contributed by atoms with van der Waals surface area (Å²) in [6.45, 7) is 14.0. The van der Waals surface area contributed by atoms with E-state index >= 15 is 0 Å². The molecule has 1 aliphatic carbocycles. The van der Waals surface area contributed by atoms with E-state index in [4.69, 9.17) is 4.74 Å². The van der Waals surface area contributed by atoms with Crippen molar-refractivity contribution < 1.29 is 4.74 Å². The van der Waals surface area contributed by atoms with Gasteiger partial charge in [0.2, 0.25) is 0 Å². The molecule has 0 aromatic carbocycles. The number of hydrogen-bond donors (Lipinski definition) is 0. The Morgan fingerprint density at radius 3 is 2.19 bits per heavy atom. The maximum absolute atomic E-state index is 6.32. The van der Waals surface area contributed by atoms with Crippen LogP contribution in [0.25, 0.3) is 0 Å². The summed E-state index contributed by atoms with van der Waals surface area (Å²) in [6, 6.07) is 0. The van der Waals surface area contributed by atoms with E-state index in [1.165, 1.54) is 6.42 Å². The zero-order valence-corrected chi connectivity index (χ0v) is 11.6. The zero-order valence-electron chi connectivity index (χ0n) is 11.6. The van der Waals surface area contributed by atoms with Gasteiger partial charge in [0.25, 0.3) is 0 Å². The topological polar surface area (TPSA) is 9.23 Å². The first-order valence-corrected chi connectivity index (χ1v) is 6.61. The number of ether oxygens (including phenoxy) is 1. The summed E-state index contributed by atoms with van der Waals surface area (Å²) in [5, 5.41) is 0. The minimum absolute atomic E-state index is 0.0138. The van der Waals surface area contributed by atoms with Crippen molar-refractivity contribution in [2.24, 2.45) is 16.7 Å². The van der Waals surface area contributed by atoms with Crippen molar-refractivity contribution in [3.8, 4) is 0 Å². The molecule has 0 bridgehead atoms. The quantitative estimate of drug-likeness (QED) is 0.605. The first-order chi connectivity index (χ1) is 7.28. The van der Waals surface area contributed by atoms with Gasteiger partial charge in [0.15, 0.2) is 0 Å². The lowest BCUT2D eigenvalue weighted by Crippen LogP contribution is -2.53. The maximum Gasteiger partial charge on any atom is 0.0698 e. The lowest BCUT2D eigenvalue weighted by Gasteiger charge is -2.53. The molecule has 2 rings (SSSR count). The van der Waals surface area contributed by atoms with Crippen LogP contribution in [-0.2, 0) is 4.74 Å². The average molecular weight is 222 g/mol. The van der Waals surface area contributed by atoms with Gasteiger partial charge in [-0.2, -0.15) is 0 Å². The average Bonchev–Trinajstić information content (AvgIpc) is 2.32. The fourth-order valence-electron chi connectivity index (χ4n) is 4.74. The lowest BCUT2D eigenvalue weighted by atomic mass is 9.49. The van der Waals surface area contributed by atoms with Gasteiger partial charge in [-0.05, 0) is 39.5 Å². The third kappa shape index (κ3) is 1.16. The molecule has 1 saturated heterocycles. The van der Waals surface area contributed by atoms with Crippen molar-refractivity contribution in [1.82, 2.24) is 0 Å². The van der Waals surface area contributed by atoms with Crippen LogP contribution in [0.1, 0.15) is 54.4 Å². The van der Waals surface area contributed by atoms with E-state index in [1.807, 2.05) is 0 Å². The molecule has 0 spiro atoms. The van der Waals surface area contributed by atoms with E-state index in [9.17, 15) is 0 Å². The molecule has 2 aliphatic rings. The van der Waals surface area contributed by atoms with Crippen molar-refractivity contribution >= 4 is 0 Å². The predicted octanol–water partition coefficient (Wildman–Crippen LogP) is 4.18. The Hall–Kier alpha value is -0.300. The van der Waals surface area contributed by atoms with Crippen molar-refractivity contribution in [2.45, 2.75) is 66.1 Å². The molecule has 3 atom stereocenters. The van der Waals surface area contributed by atoms with Gasteiger partial charge in [-0.1, -0.05) is 32.9 Å². The van der Waals surface area contributed by atoms with E-state index < -0.39 is 0 Å². The Kier molecular flexibility index (Phi) is 2.55. The molecule has 16 heavy (non-hydrogen) atoms. The molecular formula is C15H26O. The summed E-state index contributed by atoms with van der Waals surface area (Å²) in [5.74, 6) is 0.655. The molecule has 0 amide bonds. The third-order valence-corrected chi connectivity index (χ3v) is 5.60. The lowest BCUT2D eigenvalue weighted by molar-refractivity contribution is -0.0786. The Labute approximate surface area is 100 Å². The van der Waals surface area contributed by atoms with Gasteiger partial charge in [-0.25, -0.2) is 0 Å². The molecule has 1 heterocycles. The van der Waals surface area contributed by atoms with Gasteiger partial charge >= 0.3 is 0 Å².